The van der Waals surface area contributed by atoms with E-state index < -0.39 is 0 Å². The number of non-ortho nitro benzene ring substituents is 1. The number of amidine groups is 1. The number of aliphatic imine (C=N–C) groups is 1. The zero-order valence-corrected chi connectivity index (χ0v) is 11.0. The lowest BCUT2D eigenvalue weighted by atomic mass is 10.1. The van der Waals surface area contributed by atoms with Crippen molar-refractivity contribution in [3.8, 4) is 0 Å². The third kappa shape index (κ3) is 4.35. The molecule has 19 heavy (non-hydrogen) atoms. The second-order valence-corrected chi connectivity index (χ2v) is 4.74. The normalized spacial score (nSPS) is 15.5. The predicted octanol–water partition coefficient (Wildman–Crippen LogP) is 2.70. The van der Waals surface area contributed by atoms with Gasteiger partial charge in [0.2, 0.25) is 0 Å². The van der Waals surface area contributed by atoms with Crippen LogP contribution in [0.15, 0.2) is 29.3 Å². The number of nitrogens with one attached hydrogen (secondary N) is 1. The van der Waals surface area contributed by atoms with Gasteiger partial charge in [-0.1, -0.05) is 18.6 Å². The third-order valence-electron chi connectivity index (χ3n) is 3.26. The number of nitro benzene ring substituents is 1. The molecule has 1 aliphatic heterocycles. The fourth-order valence-electron chi connectivity index (χ4n) is 2.15. The summed E-state index contributed by atoms with van der Waals surface area (Å²) in [7, 11) is 0. The Hall–Kier alpha value is -1.91. The summed E-state index contributed by atoms with van der Waals surface area (Å²) < 4.78 is 0. The molecule has 0 atom stereocenters. The predicted molar refractivity (Wildman–Crippen MR) is 75.6 cm³/mol. The topological polar surface area (TPSA) is 67.5 Å². The fraction of sp³-hybridized carbons (Fsp3) is 0.500. The Bertz CT molecular complexity index is 454. The highest BCUT2D eigenvalue weighted by molar-refractivity contribution is 5.82. The van der Waals surface area contributed by atoms with Crippen molar-refractivity contribution in [2.24, 2.45) is 4.99 Å². The van der Waals surface area contributed by atoms with Crippen LogP contribution in [0, 0.1) is 10.1 Å². The molecule has 0 saturated carbocycles. The molecule has 0 radical (unpaired) electrons. The molecule has 2 rings (SSSR count). The standard InChI is InChI=1S/C14H19N3O2/c18-17(19)13-7-5-12(6-8-13)9-11-16-14-4-2-1-3-10-15-14/h5-8H,1-4,9-11H2,(H,15,16). The molecule has 5 heteroatoms. The fourth-order valence-corrected chi connectivity index (χ4v) is 2.15. The first-order chi connectivity index (χ1) is 9.25. The highest BCUT2D eigenvalue weighted by atomic mass is 16.6. The maximum atomic E-state index is 10.5. The van der Waals surface area contributed by atoms with E-state index in [1.165, 1.54) is 19.3 Å². The summed E-state index contributed by atoms with van der Waals surface area (Å²) in [5.74, 6) is 1.11. The first-order valence-corrected chi connectivity index (χ1v) is 6.76. The molecule has 1 aliphatic rings. The summed E-state index contributed by atoms with van der Waals surface area (Å²) in [6.07, 6.45) is 5.56. The zero-order chi connectivity index (χ0) is 13.5. The summed E-state index contributed by atoms with van der Waals surface area (Å²) in [5.41, 5.74) is 1.25. The van der Waals surface area contributed by atoms with Crippen LogP contribution in [0.3, 0.4) is 0 Å². The Morgan fingerprint density at radius 3 is 2.74 bits per heavy atom. The lowest BCUT2D eigenvalue weighted by Crippen LogP contribution is -2.25. The molecule has 1 heterocycles. The Balaban J connectivity index is 1.78. The van der Waals surface area contributed by atoms with Gasteiger partial charge < -0.3 is 5.32 Å². The van der Waals surface area contributed by atoms with Crippen molar-refractivity contribution in [2.75, 3.05) is 13.1 Å². The van der Waals surface area contributed by atoms with Crippen molar-refractivity contribution >= 4 is 11.5 Å². The average Bonchev–Trinajstić information content (AvgIpc) is 2.68. The van der Waals surface area contributed by atoms with E-state index in [0.29, 0.717) is 0 Å². The lowest BCUT2D eigenvalue weighted by molar-refractivity contribution is -0.384. The SMILES string of the molecule is O=[N+]([O-])c1ccc(CCNC2=NCCCCC2)cc1. The number of benzene rings is 1. The van der Waals surface area contributed by atoms with Gasteiger partial charge in [0.1, 0.15) is 0 Å². The third-order valence-corrected chi connectivity index (χ3v) is 3.26. The minimum absolute atomic E-state index is 0.143. The molecule has 0 aromatic heterocycles. The van der Waals surface area contributed by atoms with Crippen molar-refractivity contribution in [1.82, 2.24) is 5.32 Å². The molecule has 1 N–H and O–H groups in total. The van der Waals surface area contributed by atoms with E-state index >= 15 is 0 Å². The van der Waals surface area contributed by atoms with E-state index in [-0.39, 0.29) is 10.6 Å². The van der Waals surface area contributed by atoms with Crippen LogP contribution in [0.5, 0.6) is 0 Å². The molecular weight excluding hydrogens is 242 g/mol. The molecule has 0 aliphatic carbocycles. The van der Waals surface area contributed by atoms with Crippen LogP contribution in [-0.4, -0.2) is 23.8 Å². The first-order valence-electron chi connectivity index (χ1n) is 6.76. The van der Waals surface area contributed by atoms with Crippen molar-refractivity contribution in [3.05, 3.63) is 39.9 Å². The van der Waals surface area contributed by atoms with Crippen molar-refractivity contribution in [2.45, 2.75) is 32.1 Å². The van der Waals surface area contributed by atoms with Crippen LogP contribution in [0.2, 0.25) is 0 Å². The summed E-state index contributed by atoms with van der Waals surface area (Å²) in [6, 6.07) is 6.74. The molecule has 0 fully saturated rings. The Labute approximate surface area is 112 Å². The van der Waals surface area contributed by atoms with E-state index in [9.17, 15) is 10.1 Å². The molecule has 0 spiro atoms. The van der Waals surface area contributed by atoms with Crippen LogP contribution in [-0.2, 0) is 6.42 Å². The second kappa shape index (κ2) is 6.87. The van der Waals surface area contributed by atoms with Gasteiger partial charge in [-0.15, -0.1) is 0 Å². The van der Waals surface area contributed by atoms with Gasteiger partial charge in [0, 0.05) is 31.6 Å². The second-order valence-electron chi connectivity index (χ2n) is 4.74. The van der Waals surface area contributed by atoms with Crippen molar-refractivity contribution in [1.29, 1.82) is 0 Å². The van der Waals surface area contributed by atoms with E-state index in [2.05, 4.69) is 10.3 Å². The van der Waals surface area contributed by atoms with Crippen molar-refractivity contribution < 1.29 is 4.92 Å². The molecule has 102 valence electrons. The minimum Gasteiger partial charge on any atom is -0.374 e. The molecule has 1 aromatic carbocycles. The maximum absolute atomic E-state index is 10.5. The highest BCUT2D eigenvalue weighted by Gasteiger charge is 2.05. The summed E-state index contributed by atoms with van der Waals surface area (Å²) in [6.45, 7) is 1.76. The average molecular weight is 261 g/mol. The van der Waals surface area contributed by atoms with Crippen LogP contribution in [0.4, 0.5) is 5.69 Å². The highest BCUT2D eigenvalue weighted by Crippen LogP contribution is 2.12. The van der Waals surface area contributed by atoms with E-state index in [4.69, 9.17) is 0 Å². The molecule has 0 bridgehead atoms. The van der Waals surface area contributed by atoms with Crippen LogP contribution in [0.1, 0.15) is 31.2 Å². The van der Waals surface area contributed by atoms with E-state index in [1.54, 1.807) is 12.1 Å². The summed E-state index contributed by atoms with van der Waals surface area (Å²) >= 11 is 0. The Morgan fingerprint density at radius 1 is 1.21 bits per heavy atom. The summed E-state index contributed by atoms with van der Waals surface area (Å²) in [4.78, 5) is 14.7. The lowest BCUT2D eigenvalue weighted by Gasteiger charge is -2.08. The van der Waals surface area contributed by atoms with Gasteiger partial charge in [-0.05, 0) is 24.8 Å². The zero-order valence-electron chi connectivity index (χ0n) is 11.0. The van der Waals surface area contributed by atoms with Gasteiger partial charge in [0.05, 0.1) is 10.8 Å². The molecule has 0 amide bonds. The van der Waals surface area contributed by atoms with Gasteiger partial charge in [-0.2, -0.15) is 0 Å². The summed E-state index contributed by atoms with van der Waals surface area (Å²) in [5, 5.41) is 13.9. The maximum Gasteiger partial charge on any atom is 0.269 e. The van der Waals surface area contributed by atoms with Gasteiger partial charge in [-0.3, -0.25) is 15.1 Å². The molecule has 5 nitrogen and oxygen atoms in total. The first kappa shape index (κ1) is 13.5. The molecule has 1 aromatic rings. The van der Waals surface area contributed by atoms with E-state index in [1.807, 2.05) is 12.1 Å². The Kier molecular flexibility index (Phi) is 4.89. The smallest absolute Gasteiger partial charge is 0.269 e. The van der Waals surface area contributed by atoms with Gasteiger partial charge >= 0.3 is 0 Å². The number of rotatable bonds is 4. The van der Waals surface area contributed by atoms with Crippen LogP contribution >= 0.6 is 0 Å². The number of nitrogens with zero attached hydrogens (tertiary/aromatic N) is 2. The Morgan fingerprint density at radius 2 is 2.00 bits per heavy atom. The quantitative estimate of drug-likeness (QED) is 0.669. The monoisotopic (exact) mass is 261 g/mol. The van der Waals surface area contributed by atoms with Crippen LogP contribution in [0.25, 0.3) is 0 Å². The van der Waals surface area contributed by atoms with Crippen LogP contribution < -0.4 is 5.32 Å². The van der Waals surface area contributed by atoms with Crippen molar-refractivity contribution in [3.63, 3.8) is 0 Å². The molecule has 0 saturated heterocycles. The number of hydrogen-bond donors (Lipinski definition) is 1. The van der Waals surface area contributed by atoms with Gasteiger partial charge in [-0.25, -0.2) is 0 Å². The van der Waals surface area contributed by atoms with Gasteiger partial charge in [0.15, 0.2) is 0 Å². The van der Waals surface area contributed by atoms with E-state index in [0.717, 1.165) is 37.3 Å². The number of hydrogen-bond acceptors (Lipinski definition) is 4. The molecule has 0 unspecified atom stereocenters. The number of nitro groups is 1. The van der Waals surface area contributed by atoms with Gasteiger partial charge in [0.25, 0.3) is 5.69 Å². The molecular formula is C14H19N3O2. The largest absolute Gasteiger partial charge is 0.374 e. The minimum atomic E-state index is -0.373.